The Kier molecular flexibility index (Phi) is 6.46. The monoisotopic (exact) mass is 332 g/mol. The number of ketones is 1. The first kappa shape index (κ1) is 18.1. The molecular weight excluding hydrogens is 308 g/mol. The lowest BCUT2D eigenvalue weighted by Crippen LogP contribution is -2.35. The van der Waals surface area contributed by atoms with E-state index in [4.69, 9.17) is 0 Å². The van der Waals surface area contributed by atoms with E-state index in [1.54, 1.807) is 12.1 Å². The number of hydrogen-bond acceptors (Lipinski definition) is 4. The lowest BCUT2D eigenvalue weighted by atomic mass is 9.81. The molecule has 1 atom stereocenters. The molecule has 1 saturated carbocycles. The second-order valence-corrected chi connectivity index (χ2v) is 6.55. The summed E-state index contributed by atoms with van der Waals surface area (Å²) in [6, 6.07) is 6.15. The minimum atomic E-state index is -0.619. The van der Waals surface area contributed by atoms with Crippen LogP contribution in [-0.4, -0.2) is 16.6 Å². The fourth-order valence-corrected chi connectivity index (χ4v) is 3.31. The van der Waals surface area contributed by atoms with E-state index in [9.17, 15) is 19.7 Å². The van der Waals surface area contributed by atoms with E-state index in [2.05, 4.69) is 5.32 Å². The first-order valence-electron chi connectivity index (χ1n) is 8.49. The number of rotatable bonds is 7. The number of amides is 1. The molecule has 0 aliphatic heterocycles. The summed E-state index contributed by atoms with van der Waals surface area (Å²) >= 11 is 0. The van der Waals surface area contributed by atoms with Crippen molar-refractivity contribution < 1.29 is 14.5 Å². The maximum atomic E-state index is 12.4. The number of nitrogens with one attached hydrogen (secondary N) is 1. The molecule has 0 spiro atoms. The summed E-state index contributed by atoms with van der Waals surface area (Å²) in [5.41, 5.74) is 0.643. The van der Waals surface area contributed by atoms with Gasteiger partial charge in [0.1, 0.15) is 5.78 Å². The molecule has 1 aliphatic carbocycles. The zero-order valence-electron chi connectivity index (χ0n) is 14.0. The molecule has 1 N–H and O–H groups in total. The van der Waals surface area contributed by atoms with Crippen LogP contribution >= 0.6 is 0 Å². The molecule has 0 aromatic heterocycles. The third-order valence-electron chi connectivity index (χ3n) is 4.69. The van der Waals surface area contributed by atoms with Crippen molar-refractivity contribution in [1.82, 2.24) is 5.32 Å². The minimum absolute atomic E-state index is 0.00734. The molecule has 24 heavy (non-hydrogen) atoms. The van der Waals surface area contributed by atoms with Gasteiger partial charge in [0.05, 0.1) is 10.8 Å². The first-order chi connectivity index (χ1) is 11.5. The summed E-state index contributed by atoms with van der Waals surface area (Å²) < 4.78 is 0. The Labute approximate surface area is 141 Å². The van der Waals surface area contributed by atoms with Gasteiger partial charge in [0, 0.05) is 18.7 Å². The molecule has 1 fully saturated rings. The molecular formula is C18H24N2O4. The number of nitro benzene ring substituents is 1. The van der Waals surface area contributed by atoms with E-state index in [0.29, 0.717) is 17.9 Å². The van der Waals surface area contributed by atoms with Crippen LogP contribution in [-0.2, 0) is 16.1 Å². The molecule has 0 heterocycles. The van der Waals surface area contributed by atoms with Crippen LogP contribution in [0.2, 0.25) is 0 Å². The highest BCUT2D eigenvalue weighted by molar-refractivity contribution is 6.00. The second-order valence-electron chi connectivity index (χ2n) is 6.55. The molecule has 0 bridgehead atoms. The Morgan fingerprint density at radius 3 is 2.62 bits per heavy atom. The van der Waals surface area contributed by atoms with Gasteiger partial charge < -0.3 is 5.32 Å². The third kappa shape index (κ3) is 5.15. The van der Waals surface area contributed by atoms with E-state index in [0.717, 1.165) is 12.8 Å². The summed E-state index contributed by atoms with van der Waals surface area (Å²) in [5.74, 6) is -0.570. The van der Waals surface area contributed by atoms with Crippen LogP contribution in [0, 0.1) is 22.0 Å². The first-order valence-corrected chi connectivity index (χ1v) is 8.49. The molecule has 1 amide bonds. The number of nitro groups is 1. The van der Waals surface area contributed by atoms with E-state index < -0.39 is 10.8 Å². The maximum absolute atomic E-state index is 12.4. The number of carbonyl (C=O) groups is 2. The number of nitrogens with zero attached hydrogens (tertiary/aromatic N) is 1. The van der Waals surface area contributed by atoms with Crippen molar-refractivity contribution in [3.05, 3.63) is 39.9 Å². The SMILES string of the molecule is CC(=O)C(CC1CCCCC1)C(=O)NCc1cccc([N+](=O)[O-])c1. The van der Waals surface area contributed by atoms with Crippen molar-refractivity contribution >= 4 is 17.4 Å². The summed E-state index contributed by atoms with van der Waals surface area (Å²) in [4.78, 5) is 34.6. The van der Waals surface area contributed by atoms with Crippen molar-refractivity contribution in [2.45, 2.75) is 52.0 Å². The van der Waals surface area contributed by atoms with Crippen molar-refractivity contribution in [3.63, 3.8) is 0 Å². The lowest BCUT2D eigenvalue weighted by Gasteiger charge is -2.24. The fraction of sp³-hybridized carbons (Fsp3) is 0.556. The van der Waals surface area contributed by atoms with Gasteiger partial charge in [-0.2, -0.15) is 0 Å². The number of benzene rings is 1. The van der Waals surface area contributed by atoms with E-state index in [-0.39, 0.29) is 23.9 Å². The second kappa shape index (κ2) is 8.57. The lowest BCUT2D eigenvalue weighted by molar-refractivity contribution is -0.384. The summed E-state index contributed by atoms with van der Waals surface area (Å²) in [6.45, 7) is 1.65. The topological polar surface area (TPSA) is 89.3 Å². The largest absolute Gasteiger partial charge is 0.351 e. The van der Waals surface area contributed by atoms with Gasteiger partial charge in [0.2, 0.25) is 5.91 Å². The fourth-order valence-electron chi connectivity index (χ4n) is 3.31. The standard InChI is InChI=1S/C18H24N2O4/c1-13(21)17(11-14-6-3-2-4-7-14)18(22)19-12-15-8-5-9-16(10-15)20(23)24/h5,8-10,14,17H,2-4,6-7,11-12H2,1H3,(H,19,22). The van der Waals surface area contributed by atoms with Gasteiger partial charge in [-0.25, -0.2) is 0 Å². The molecule has 2 rings (SSSR count). The average Bonchev–Trinajstić information content (AvgIpc) is 2.58. The molecule has 1 aromatic rings. The Balaban J connectivity index is 1.93. The molecule has 6 heteroatoms. The van der Waals surface area contributed by atoms with Crippen molar-refractivity contribution in [1.29, 1.82) is 0 Å². The smallest absolute Gasteiger partial charge is 0.269 e. The Morgan fingerprint density at radius 2 is 2.00 bits per heavy atom. The highest BCUT2D eigenvalue weighted by Crippen LogP contribution is 2.29. The van der Waals surface area contributed by atoms with Gasteiger partial charge in [0.25, 0.3) is 5.69 Å². The van der Waals surface area contributed by atoms with Crippen molar-refractivity contribution in [3.8, 4) is 0 Å². The van der Waals surface area contributed by atoms with Crippen LogP contribution in [0.5, 0.6) is 0 Å². The molecule has 1 aliphatic rings. The number of carbonyl (C=O) groups excluding carboxylic acids is 2. The molecule has 0 radical (unpaired) electrons. The average molecular weight is 332 g/mol. The number of hydrogen-bond donors (Lipinski definition) is 1. The quantitative estimate of drug-likeness (QED) is 0.471. The van der Waals surface area contributed by atoms with Crippen LogP contribution in [0.3, 0.4) is 0 Å². The Bertz CT molecular complexity index is 609. The molecule has 0 saturated heterocycles. The van der Waals surface area contributed by atoms with Crippen LogP contribution < -0.4 is 5.32 Å². The summed E-state index contributed by atoms with van der Waals surface area (Å²) in [6.07, 6.45) is 6.36. The van der Waals surface area contributed by atoms with Gasteiger partial charge in [0.15, 0.2) is 0 Å². The van der Waals surface area contributed by atoms with Gasteiger partial charge >= 0.3 is 0 Å². The van der Waals surface area contributed by atoms with Crippen LogP contribution in [0.25, 0.3) is 0 Å². The van der Waals surface area contributed by atoms with Crippen molar-refractivity contribution in [2.24, 2.45) is 11.8 Å². The summed E-state index contributed by atoms with van der Waals surface area (Å²) in [5, 5.41) is 13.5. The highest BCUT2D eigenvalue weighted by Gasteiger charge is 2.27. The number of Topliss-reactive ketones (excluding diaryl/α,β-unsaturated/α-hetero) is 1. The Morgan fingerprint density at radius 1 is 1.29 bits per heavy atom. The van der Waals surface area contributed by atoms with Crippen LogP contribution in [0.4, 0.5) is 5.69 Å². The maximum Gasteiger partial charge on any atom is 0.269 e. The molecule has 1 unspecified atom stereocenters. The van der Waals surface area contributed by atoms with Gasteiger partial charge in [-0.15, -0.1) is 0 Å². The van der Waals surface area contributed by atoms with E-state index in [1.165, 1.54) is 38.3 Å². The number of non-ortho nitro benzene ring substituents is 1. The minimum Gasteiger partial charge on any atom is -0.351 e. The predicted molar refractivity (Wildman–Crippen MR) is 90.3 cm³/mol. The van der Waals surface area contributed by atoms with Gasteiger partial charge in [-0.1, -0.05) is 44.2 Å². The van der Waals surface area contributed by atoms with E-state index >= 15 is 0 Å². The predicted octanol–water partition coefficient (Wildman–Crippen LogP) is 3.39. The third-order valence-corrected chi connectivity index (χ3v) is 4.69. The summed E-state index contributed by atoms with van der Waals surface area (Å²) in [7, 11) is 0. The van der Waals surface area contributed by atoms with Gasteiger partial charge in [-0.3, -0.25) is 19.7 Å². The van der Waals surface area contributed by atoms with Crippen molar-refractivity contribution in [2.75, 3.05) is 0 Å². The zero-order valence-corrected chi connectivity index (χ0v) is 14.0. The normalized spacial score (nSPS) is 16.4. The zero-order chi connectivity index (χ0) is 17.5. The van der Waals surface area contributed by atoms with E-state index in [1.807, 2.05) is 0 Å². The molecule has 1 aromatic carbocycles. The molecule has 6 nitrogen and oxygen atoms in total. The highest BCUT2D eigenvalue weighted by atomic mass is 16.6. The Hall–Kier alpha value is -2.24. The molecule has 130 valence electrons. The van der Waals surface area contributed by atoms with Gasteiger partial charge in [-0.05, 0) is 24.8 Å². The van der Waals surface area contributed by atoms with Crippen LogP contribution in [0.1, 0.15) is 51.0 Å². The van der Waals surface area contributed by atoms with Crippen LogP contribution in [0.15, 0.2) is 24.3 Å².